The molecule has 2 saturated heterocycles. The number of halogens is 4. The average molecular weight is 1590 g/mol. The van der Waals surface area contributed by atoms with Crippen molar-refractivity contribution in [3.05, 3.63) is 263 Å². The third kappa shape index (κ3) is 16.7. The lowest BCUT2D eigenvalue weighted by atomic mass is 10.1. The predicted molar refractivity (Wildman–Crippen MR) is 453 cm³/mol. The fourth-order valence-corrected chi connectivity index (χ4v) is 15.3. The second kappa shape index (κ2) is 35.4. The number of fused-ring (bicyclic) bond motifs is 4. The molecule has 0 spiro atoms. The van der Waals surface area contributed by atoms with E-state index in [2.05, 4.69) is 69.5 Å². The number of hydrogen-bond donors (Lipinski definition) is 0. The van der Waals surface area contributed by atoms with E-state index in [-0.39, 0.29) is 24.9 Å². The summed E-state index contributed by atoms with van der Waals surface area (Å²) in [4.78, 5) is 34.2. The highest BCUT2D eigenvalue weighted by molar-refractivity contribution is 6.40. The Hall–Kier alpha value is -12.0. The number of rotatable bonds is 16. The molecular weight excluding hydrogens is 1510 g/mol. The predicted octanol–water partition coefficient (Wildman–Crippen LogP) is 17.5. The zero-order valence-corrected chi connectivity index (χ0v) is 66.5. The maximum atomic E-state index is 13.2. The van der Waals surface area contributed by atoms with Gasteiger partial charge in [0.2, 0.25) is 11.8 Å². The summed E-state index contributed by atoms with van der Waals surface area (Å²) in [6.45, 7) is 10.9. The van der Waals surface area contributed by atoms with Crippen molar-refractivity contribution in [1.82, 2.24) is 99.5 Å². The SMILES string of the molecule is CC(C)N1CCN(C(=O)Cn2nc(-c3ccccc3)c3c(Cl)c(-c4ccccc4)nnc32)CC1.CN(C)CCn1nc(-c2ccccc2)c2c(Cl)c(-c3ccccc3)nnc21.Cn1nc(-c2ccccc2)c2c(Cl)c(-c3ccccc3)nnc21.O=C(Cn1nc(-c2ccccc2)c2c(Cl)c(-c3ccccc3)nnc21)N1CCCC1. The third-order valence-corrected chi connectivity index (χ3v) is 21.5. The Labute approximate surface area is 679 Å². The Morgan fingerprint density at radius 1 is 0.333 bits per heavy atom. The second-order valence-electron chi connectivity index (χ2n) is 28.1. The van der Waals surface area contributed by atoms with E-state index < -0.39 is 0 Å². The van der Waals surface area contributed by atoms with Crippen LogP contribution >= 0.6 is 46.4 Å². The molecule has 0 saturated carbocycles. The van der Waals surface area contributed by atoms with Crippen molar-refractivity contribution < 1.29 is 9.59 Å². The first-order valence-electron chi connectivity index (χ1n) is 37.7. The standard InChI is InChI=1S/C26H27ClN6O.C23H20ClN5O.C21H20ClN5.C18H13ClN4/c1-18(2)31-13-15-32(16-14-31)21(34)17-33-26-22(24(30-33)19-9-5-3-6-10-19)23(27)25(28-29-26)20-11-7-4-8-12-20;24-20-19-21(16-9-3-1-4-10-16)27-29(15-18(30)28-13-7-8-14-28)23(19)26-25-22(20)17-11-5-2-6-12-17;1-26(2)13-14-27-21-17(19(25-27)15-9-5-3-6-10-15)18(22)20(23-24-21)16-11-7-4-8-12-16;1-23-18-14(16(22-23)12-8-4-2-5-9-12)15(19)17(20-21-18)13-10-6-3-7-11-13/h3-12,18H,13-17H2,1-2H3;1-6,9-12H,7-8,13-15H2;3-12H,13-14H2,1-2H3;2-11H,1H3. The summed E-state index contributed by atoms with van der Waals surface area (Å²) in [6, 6.07) is 79.4. The van der Waals surface area contributed by atoms with E-state index in [9.17, 15) is 9.59 Å². The maximum absolute atomic E-state index is 13.2. The monoisotopic (exact) mass is 1590 g/mol. The minimum Gasteiger partial charge on any atom is -0.341 e. The van der Waals surface area contributed by atoms with Gasteiger partial charge in [-0.05, 0) is 40.8 Å². The zero-order chi connectivity index (χ0) is 78.8. The third-order valence-electron chi connectivity index (χ3n) is 20.0. The molecule has 0 atom stereocenters. The Kier molecular flexibility index (Phi) is 24.0. The van der Waals surface area contributed by atoms with Crippen LogP contribution in [0.1, 0.15) is 26.7 Å². The van der Waals surface area contributed by atoms with Gasteiger partial charge in [0.05, 0.1) is 48.2 Å². The number of carbonyl (C=O) groups excluding carboxylic acids is 2. The first-order chi connectivity index (χ1) is 55.6. The molecule has 2 aliphatic rings. The van der Waals surface area contributed by atoms with Crippen molar-refractivity contribution in [2.45, 2.75) is 52.4 Å². The molecule has 10 heterocycles. The lowest BCUT2D eigenvalue weighted by molar-refractivity contribution is -0.134. The molecule has 0 N–H and O–H groups in total. The molecule has 0 radical (unpaired) electrons. The number of aromatic nitrogens is 16. The smallest absolute Gasteiger partial charge is 0.244 e. The number of benzene rings is 8. The highest BCUT2D eigenvalue weighted by Crippen LogP contribution is 2.42. The Bertz CT molecular complexity index is 6010. The molecule has 16 aromatic rings. The molecule has 572 valence electrons. The first-order valence-corrected chi connectivity index (χ1v) is 39.2. The molecule has 0 bridgehead atoms. The normalized spacial score (nSPS) is 13.0. The number of carbonyl (C=O) groups is 2. The second-order valence-corrected chi connectivity index (χ2v) is 29.6. The van der Waals surface area contributed by atoms with Crippen LogP contribution in [-0.2, 0) is 36.3 Å². The first kappa shape index (κ1) is 77.3. The number of nitrogens with zero attached hydrogens (tertiary/aromatic N) is 20. The van der Waals surface area contributed by atoms with Crippen molar-refractivity contribution in [2.24, 2.45) is 7.05 Å². The molecule has 0 aliphatic carbocycles. The van der Waals surface area contributed by atoms with Gasteiger partial charge in [-0.25, -0.2) is 18.7 Å². The fraction of sp³-hybridized carbons (Fsp3) is 0.205. The van der Waals surface area contributed by atoms with E-state index in [1.54, 1.807) is 14.0 Å². The van der Waals surface area contributed by atoms with Crippen LogP contribution in [0.5, 0.6) is 0 Å². The molecule has 8 aromatic heterocycles. The topological polar surface area (TPSA) is 221 Å². The molecule has 0 unspecified atom stereocenters. The Morgan fingerprint density at radius 2 is 0.588 bits per heavy atom. The van der Waals surface area contributed by atoms with Gasteiger partial charge in [0.1, 0.15) is 58.6 Å². The van der Waals surface area contributed by atoms with E-state index in [1.807, 2.05) is 278 Å². The molecule has 114 heavy (non-hydrogen) atoms. The summed E-state index contributed by atoms with van der Waals surface area (Å²) in [6.07, 6.45) is 2.10. The lowest BCUT2D eigenvalue weighted by Gasteiger charge is -2.36. The van der Waals surface area contributed by atoms with E-state index in [4.69, 9.17) is 61.7 Å². The van der Waals surface area contributed by atoms with Crippen LogP contribution in [0.25, 0.3) is 134 Å². The van der Waals surface area contributed by atoms with Crippen LogP contribution in [0.2, 0.25) is 20.1 Å². The van der Waals surface area contributed by atoms with Gasteiger partial charge < -0.3 is 14.7 Å². The summed E-state index contributed by atoms with van der Waals surface area (Å²) < 4.78 is 6.88. The number of likely N-dealkylation sites (tertiary alicyclic amines) is 1. The molecule has 2 fully saturated rings. The van der Waals surface area contributed by atoms with Crippen LogP contribution in [0.3, 0.4) is 0 Å². The van der Waals surface area contributed by atoms with Crippen LogP contribution in [-0.4, -0.2) is 177 Å². The minimum absolute atomic E-state index is 0.0254. The summed E-state index contributed by atoms with van der Waals surface area (Å²) >= 11 is 27.3. The fourth-order valence-electron chi connectivity index (χ4n) is 14.0. The molecule has 2 aliphatic heterocycles. The van der Waals surface area contributed by atoms with Crippen molar-refractivity contribution in [1.29, 1.82) is 0 Å². The number of piperazine rings is 1. The van der Waals surface area contributed by atoms with Gasteiger partial charge in [-0.2, -0.15) is 20.4 Å². The van der Waals surface area contributed by atoms with Crippen molar-refractivity contribution in [3.63, 3.8) is 0 Å². The summed E-state index contributed by atoms with van der Waals surface area (Å²) in [5.41, 5.74) is 15.5. The molecule has 8 aromatic carbocycles. The van der Waals surface area contributed by atoms with Crippen LogP contribution in [0.4, 0.5) is 0 Å². The molecule has 22 nitrogen and oxygen atoms in total. The van der Waals surface area contributed by atoms with Gasteiger partial charge in [0.25, 0.3) is 0 Å². The molecule has 18 rings (SSSR count). The number of hydrogen-bond acceptors (Lipinski definition) is 16. The summed E-state index contributed by atoms with van der Waals surface area (Å²) in [7, 11) is 5.92. The van der Waals surface area contributed by atoms with Gasteiger partial charge in [-0.3, -0.25) is 14.5 Å². The number of amides is 2. The van der Waals surface area contributed by atoms with Crippen molar-refractivity contribution in [3.8, 4) is 90.1 Å². The van der Waals surface area contributed by atoms with E-state index >= 15 is 0 Å². The van der Waals surface area contributed by atoms with E-state index in [0.29, 0.717) is 113 Å². The lowest BCUT2D eigenvalue weighted by Crippen LogP contribution is -2.51. The zero-order valence-electron chi connectivity index (χ0n) is 63.4. The van der Waals surface area contributed by atoms with Gasteiger partial charge in [0, 0.05) is 103 Å². The molecule has 26 heteroatoms. The number of aryl methyl sites for hydroxylation is 1. The van der Waals surface area contributed by atoms with E-state index in [0.717, 1.165) is 112 Å². The van der Waals surface area contributed by atoms with Crippen LogP contribution < -0.4 is 0 Å². The van der Waals surface area contributed by atoms with Crippen molar-refractivity contribution >= 4 is 102 Å². The van der Waals surface area contributed by atoms with Crippen LogP contribution in [0.15, 0.2) is 243 Å². The summed E-state index contributed by atoms with van der Waals surface area (Å²) in [5, 5.41) is 59.5. The quantitative estimate of drug-likeness (QED) is 0.0877. The van der Waals surface area contributed by atoms with Gasteiger partial charge in [0.15, 0.2) is 22.6 Å². The van der Waals surface area contributed by atoms with Gasteiger partial charge >= 0.3 is 0 Å². The molecule has 2 amide bonds. The highest BCUT2D eigenvalue weighted by Gasteiger charge is 2.29. The average Bonchev–Trinajstić information content (AvgIpc) is 1.68. The highest BCUT2D eigenvalue weighted by atomic mass is 35.5. The Morgan fingerprint density at radius 3 is 0.886 bits per heavy atom. The number of likely N-dealkylation sites (N-methyl/N-ethyl adjacent to an activating group) is 1. The van der Waals surface area contributed by atoms with Crippen molar-refractivity contribution in [2.75, 3.05) is 59.9 Å². The Balaban J connectivity index is 0.000000121. The molecular formula is C88H80Cl4N20O2. The minimum atomic E-state index is 0.0254. The maximum Gasteiger partial charge on any atom is 0.244 e. The van der Waals surface area contributed by atoms with Gasteiger partial charge in [-0.1, -0.05) is 289 Å². The summed E-state index contributed by atoms with van der Waals surface area (Å²) in [5.74, 6) is 0.0686. The van der Waals surface area contributed by atoms with Gasteiger partial charge in [-0.15, -0.1) is 40.8 Å². The largest absolute Gasteiger partial charge is 0.341 e. The van der Waals surface area contributed by atoms with E-state index in [1.165, 1.54) is 0 Å². The van der Waals surface area contributed by atoms with Crippen LogP contribution in [0, 0.1) is 0 Å².